The molecule has 0 bridgehead atoms. The predicted molar refractivity (Wildman–Crippen MR) is 80.5 cm³/mol. The summed E-state index contributed by atoms with van der Waals surface area (Å²) in [7, 11) is 0. The molecular formula is C17H15ClO. The van der Waals surface area contributed by atoms with Crippen molar-refractivity contribution >= 4 is 23.5 Å². The minimum Gasteiger partial charge on any atom is -0.294 e. The summed E-state index contributed by atoms with van der Waals surface area (Å²) in [6.07, 6.45) is 5.33. The Hall–Kier alpha value is -1.86. The van der Waals surface area contributed by atoms with E-state index in [1.165, 1.54) is 0 Å². The van der Waals surface area contributed by atoms with Gasteiger partial charge in [-0.25, -0.2) is 0 Å². The van der Waals surface area contributed by atoms with E-state index in [1.54, 1.807) is 24.3 Å². The molecule has 0 fully saturated rings. The molecule has 0 spiro atoms. The van der Waals surface area contributed by atoms with Gasteiger partial charge in [-0.2, -0.15) is 0 Å². The fourth-order valence-corrected chi connectivity index (χ4v) is 1.90. The normalized spacial score (nSPS) is 10.8. The monoisotopic (exact) mass is 270 g/mol. The Balaban J connectivity index is 1.84. The van der Waals surface area contributed by atoms with E-state index in [2.05, 4.69) is 0 Å². The molecule has 0 amide bonds. The summed E-state index contributed by atoms with van der Waals surface area (Å²) in [5.74, 6) is 0.148. The van der Waals surface area contributed by atoms with Crippen molar-refractivity contribution in [1.29, 1.82) is 0 Å². The van der Waals surface area contributed by atoms with Crippen LogP contribution in [0.3, 0.4) is 0 Å². The first-order valence-electron chi connectivity index (χ1n) is 6.26. The van der Waals surface area contributed by atoms with Crippen molar-refractivity contribution in [3.05, 3.63) is 76.8 Å². The molecule has 0 radical (unpaired) electrons. The zero-order valence-electron chi connectivity index (χ0n) is 10.6. The van der Waals surface area contributed by atoms with Crippen LogP contribution in [-0.4, -0.2) is 5.78 Å². The van der Waals surface area contributed by atoms with Crippen LogP contribution in [0.15, 0.2) is 60.7 Å². The van der Waals surface area contributed by atoms with E-state index in [9.17, 15) is 4.79 Å². The number of carbonyl (C=O) groups is 1. The van der Waals surface area contributed by atoms with Crippen LogP contribution in [-0.2, 0) is 0 Å². The van der Waals surface area contributed by atoms with E-state index >= 15 is 0 Å². The smallest absolute Gasteiger partial charge is 0.163 e. The molecule has 0 heterocycles. The second kappa shape index (κ2) is 6.91. The molecule has 0 aromatic heterocycles. The summed E-state index contributed by atoms with van der Waals surface area (Å²) in [5.41, 5.74) is 1.87. The number of rotatable bonds is 5. The van der Waals surface area contributed by atoms with E-state index < -0.39 is 0 Å². The molecular weight excluding hydrogens is 256 g/mol. The largest absolute Gasteiger partial charge is 0.294 e. The lowest BCUT2D eigenvalue weighted by atomic mass is 10.1. The van der Waals surface area contributed by atoms with Gasteiger partial charge in [0, 0.05) is 17.0 Å². The molecule has 0 atom stereocenters. The lowest BCUT2D eigenvalue weighted by molar-refractivity contribution is 0.0984. The Morgan fingerprint density at radius 2 is 1.68 bits per heavy atom. The minimum atomic E-state index is 0.148. The van der Waals surface area contributed by atoms with Gasteiger partial charge in [0.1, 0.15) is 0 Å². The molecule has 0 unspecified atom stereocenters. The number of hydrogen-bond donors (Lipinski definition) is 0. The van der Waals surface area contributed by atoms with Crippen molar-refractivity contribution < 1.29 is 4.79 Å². The zero-order chi connectivity index (χ0) is 13.5. The van der Waals surface area contributed by atoms with Crippen LogP contribution in [0.1, 0.15) is 28.8 Å². The summed E-state index contributed by atoms with van der Waals surface area (Å²) in [5, 5.41) is 0.653. The van der Waals surface area contributed by atoms with Gasteiger partial charge >= 0.3 is 0 Å². The van der Waals surface area contributed by atoms with Gasteiger partial charge in [0.2, 0.25) is 0 Å². The first-order chi connectivity index (χ1) is 9.25. The first kappa shape index (κ1) is 13.6. The summed E-state index contributed by atoms with van der Waals surface area (Å²) < 4.78 is 0. The Morgan fingerprint density at radius 3 is 2.37 bits per heavy atom. The van der Waals surface area contributed by atoms with Gasteiger partial charge in [0.05, 0.1) is 0 Å². The Bertz CT molecular complexity index is 556. The standard InChI is InChI=1S/C17H15ClO/c18-16-12-10-15(11-13-16)17(19)9-5-4-8-14-6-2-1-3-7-14/h1-4,6-8,10-13H,5,9H2/b8-4+. The lowest BCUT2D eigenvalue weighted by Crippen LogP contribution is -1.97. The maximum Gasteiger partial charge on any atom is 0.163 e. The van der Waals surface area contributed by atoms with Gasteiger partial charge in [-0.15, -0.1) is 0 Å². The highest BCUT2D eigenvalue weighted by molar-refractivity contribution is 6.30. The lowest BCUT2D eigenvalue weighted by Gasteiger charge is -1.99. The van der Waals surface area contributed by atoms with E-state index in [1.807, 2.05) is 42.5 Å². The van der Waals surface area contributed by atoms with E-state index in [-0.39, 0.29) is 5.78 Å². The maximum absolute atomic E-state index is 11.9. The van der Waals surface area contributed by atoms with E-state index in [0.29, 0.717) is 11.4 Å². The Morgan fingerprint density at radius 1 is 1.00 bits per heavy atom. The van der Waals surface area contributed by atoms with Gasteiger partial charge in [0.25, 0.3) is 0 Å². The molecule has 0 aliphatic heterocycles. The van der Waals surface area contributed by atoms with Crippen LogP contribution in [0.2, 0.25) is 5.02 Å². The van der Waals surface area contributed by atoms with Crippen LogP contribution in [0.5, 0.6) is 0 Å². The molecule has 0 N–H and O–H groups in total. The second-order valence-electron chi connectivity index (χ2n) is 4.28. The van der Waals surface area contributed by atoms with Crippen molar-refractivity contribution in [2.45, 2.75) is 12.8 Å². The number of ketones is 1. The summed E-state index contributed by atoms with van der Waals surface area (Å²) in [6.45, 7) is 0. The number of allylic oxidation sites excluding steroid dienone is 1. The van der Waals surface area contributed by atoms with Gasteiger partial charge in [0.15, 0.2) is 5.78 Å². The van der Waals surface area contributed by atoms with Crippen LogP contribution >= 0.6 is 11.6 Å². The van der Waals surface area contributed by atoms with Crippen LogP contribution in [0, 0.1) is 0 Å². The quantitative estimate of drug-likeness (QED) is 0.698. The third-order valence-electron chi connectivity index (χ3n) is 2.81. The summed E-state index contributed by atoms with van der Waals surface area (Å²) in [6, 6.07) is 17.1. The first-order valence-corrected chi connectivity index (χ1v) is 6.64. The molecule has 0 aliphatic rings. The topological polar surface area (TPSA) is 17.1 Å². The summed E-state index contributed by atoms with van der Waals surface area (Å²) >= 11 is 5.79. The van der Waals surface area contributed by atoms with Crippen molar-refractivity contribution in [2.24, 2.45) is 0 Å². The van der Waals surface area contributed by atoms with E-state index in [4.69, 9.17) is 11.6 Å². The number of halogens is 1. The van der Waals surface area contributed by atoms with Crippen LogP contribution < -0.4 is 0 Å². The SMILES string of the molecule is O=C(CC/C=C/c1ccccc1)c1ccc(Cl)cc1. The van der Waals surface area contributed by atoms with E-state index in [0.717, 1.165) is 17.5 Å². The molecule has 2 aromatic rings. The van der Waals surface area contributed by atoms with Crippen LogP contribution in [0.25, 0.3) is 6.08 Å². The molecule has 1 nitrogen and oxygen atoms in total. The molecule has 2 heteroatoms. The van der Waals surface area contributed by atoms with Gasteiger partial charge in [-0.3, -0.25) is 4.79 Å². The minimum absolute atomic E-state index is 0.148. The molecule has 96 valence electrons. The molecule has 2 aromatic carbocycles. The maximum atomic E-state index is 11.9. The number of benzene rings is 2. The second-order valence-corrected chi connectivity index (χ2v) is 4.72. The molecule has 2 rings (SSSR count). The number of Topliss-reactive ketones (excluding diaryl/α,β-unsaturated/α-hetero) is 1. The predicted octanol–water partition coefficient (Wildman–Crippen LogP) is 5.02. The molecule has 0 saturated heterocycles. The average Bonchev–Trinajstić information content (AvgIpc) is 2.45. The van der Waals surface area contributed by atoms with Crippen molar-refractivity contribution in [3.8, 4) is 0 Å². The highest BCUT2D eigenvalue weighted by Gasteiger charge is 2.03. The fraction of sp³-hybridized carbons (Fsp3) is 0.118. The van der Waals surface area contributed by atoms with Crippen molar-refractivity contribution in [1.82, 2.24) is 0 Å². The van der Waals surface area contributed by atoms with Gasteiger partial charge < -0.3 is 0 Å². The average molecular weight is 271 g/mol. The van der Waals surface area contributed by atoms with Crippen molar-refractivity contribution in [3.63, 3.8) is 0 Å². The summed E-state index contributed by atoms with van der Waals surface area (Å²) in [4.78, 5) is 11.9. The Kier molecular flexibility index (Phi) is 4.93. The third kappa shape index (κ3) is 4.38. The molecule has 0 aliphatic carbocycles. The fourth-order valence-electron chi connectivity index (χ4n) is 1.78. The number of carbonyl (C=O) groups excluding carboxylic acids is 1. The highest BCUT2D eigenvalue weighted by Crippen LogP contribution is 2.12. The number of hydrogen-bond acceptors (Lipinski definition) is 1. The van der Waals surface area contributed by atoms with Gasteiger partial charge in [-0.1, -0.05) is 54.1 Å². The van der Waals surface area contributed by atoms with Crippen LogP contribution in [0.4, 0.5) is 0 Å². The van der Waals surface area contributed by atoms with Crippen molar-refractivity contribution in [2.75, 3.05) is 0 Å². The van der Waals surface area contributed by atoms with Gasteiger partial charge in [-0.05, 0) is 36.2 Å². The third-order valence-corrected chi connectivity index (χ3v) is 3.07. The molecule has 19 heavy (non-hydrogen) atoms. The Labute approximate surface area is 118 Å². The zero-order valence-corrected chi connectivity index (χ0v) is 11.3. The molecule has 0 saturated carbocycles. The highest BCUT2D eigenvalue weighted by atomic mass is 35.5.